The number of ether oxygens (including phenoxy) is 2. The van der Waals surface area contributed by atoms with Crippen LogP contribution in [0.2, 0.25) is 0 Å². The van der Waals surface area contributed by atoms with Gasteiger partial charge in [-0.3, -0.25) is 10.1 Å². The Kier molecular flexibility index (Phi) is 5.03. The fraction of sp³-hybridized carbons (Fsp3) is 0.200. The molecular weight excluding hydrogens is 348 g/mol. The summed E-state index contributed by atoms with van der Waals surface area (Å²) in [6, 6.07) is 12.0. The van der Waals surface area contributed by atoms with Gasteiger partial charge in [-0.25, -0.2) is 9.79 Å². The normalized spacial score (nSPS) is 15.0. The van der Waals surface area contributed by atoms with Crippen molar-refractivity contribution in [2.75, 3.05) is 7.11 Å². The van der Waals surface area contributed by atoms with E-state index in [1.807, 2.05) is 24.3 Å². The van der Waals surface area contributed by atoms with Gasteiger partial charge < -0.3 is 9.47 Å². The number of nitro groups is 1. The highest BCUT2D eigenvalue weighted by molar-refractivity contribution is 6.12. The van der Waals surface area contributed by atoms with Crippen molar-refractivity contribution in [3.05, 3.63) is 75.0 Å². The van der Waals surface area contributed by atoms with Crippen LogP contribution in [0.15, 0.2) is 53.2 Å². The summed E-state index contributed by atoms with van der Waals surface area (Å²) in [5, 5.41) is 11.1. The quantitative estimate of drug-likeness (QED) is 0.344. The van der Waals surface area contributed by atoms with E-state index in [9.17, 15) is 14.9 Å². The number of esters is 1. The Morgan fingerprint density at radius 3 is 2.48 bits per heavy atom. The maximum absolute atomic E-state index is 12.1. The molecule has 2 aromatic carbocycles. The molecule has 1 aliphatic rings. The Labute approximate surface area is 156 Å². The zero-order valence-corrected chi connectivity index (χ0v) is 15.1. The van der Waals surface area contributed by atoms with E-state index in [1.54, 1.807) is 6.07 Å². The van der Waals surface area contributed by atoms with Crippen molar-refractivity contribution in [3.8, 4) is 5.75 Å². The number of hydrogen-bond donors (Lipinski definition) is 0. The molecule has 0 fully saturated rings. The molecule has 2 aromatic rings. The van der Waals surface area contributed by atoms with Gasteiger partial charge in [0.1, 0.15) is 0 Å². The van der Waals surface area contributed by atoms with E-state index in [4.69, 9.17) is 9.47 Å². The van der Waals surface area contributed by atoms with E-state index in [-0.39, 0.29) is 23.0 Å². The smallest absolute Gasteiger partial charge is 0.363 e. The van der Waals surface area contributed by atoms with Gasteiger partial charge >= 0.3 is 11.7 Å². The minimum absolute atomic E-state index is 0.0809. The predicted molar refractivity (Wildman–Crippen MR) is 101 cm³/mol. The lowest BCUT2D eigenvalue weighted by Gasteiger charge is -2.05. The van der Waals surface area contributed by atoms with Gasteiger partial charge in [0.2, 0.25) is 5.90 Å². The molecule has 7 nitrogen and oxygen atoms in total. The van der Waals surface area contributed by atoms with Crippen LogP contribution >= 0.6 is 0 Å². The maximum Gasteiger partial charge on any atom is 0.363 e. The van der Waals surface area contributed by atoms with E-state index in [2.05, 4.69) is 18.8 Å². The third-order valence-corrected chi connectivity index (χ3v) is 4.15. The largest absolute Gasteiger partial charge is 0.490 e. The average Bonchev–Trinajstić information content (AvgIpc) is 3.02. The van der Waals surface area contributed by atoms with Crippen LogP contribution in [0.3, 0.4) is 0 Å². The van der Waals surface area contributed by atoms with Crippen LogP contribution in [0, 0.1) is 10.1 Å². The van der Waals surface area contributed by atoms with E-state index in [0.29, 0.717) is 17.0 Å². The van der Waals surface area contributed by atoms with Crippen LogP contribution in [0.4, 0.5) is 5.69 Å². The van der Waals surface area contributed by atoms with Crippen molar-refractivity contribution >= 4 is 23.6 Å². The Bertz CT molecular complexity index is 959. The summed E-state index contributed by atoms with van der Waals surface area (Å²) in [4.78, 5) is 26.9. The third kappa shape index (κ3) is 3.87. The van der Waals surface area contributed by atoms with Crippen LogP contribution in [0.25, 0.3) is 6.08 Å². The Hall–Kier alpha value is -3.48. The molecule has 27 heavy (non-hydrogen) atoms. The molecule has 138 valence electrons. The molecule has 0 aromatic heterocycles. The molecule has 1 aliphatic heterocycles. The molecule has 0 saturated heterocycles. The van der Waals surface area contributed by atoms with Gasteiger partial charge in [-0.15, -0.1) is 0 Å². The first-order valence-electron chi connectivity index (χ1n) is 8.34. The van der Waals surface area contributed by atoms with Crippen LogP contribution in [-0.2, 0) is 9.53 Å². The van der Waals surface area contributed by atoms with E-state index in [0.717, 1.165) is 0 Å². The first kappa shape index (κ1) is 18.3. The Balaban J connectivity index is 1.92. The van der Waals surface area contributed by atoms with Gasteiger partial charge in [-0.05, 0) is 41.3 Å². The van der Waals surface area contributed by atoms with Gasteiger partial charge in [0, 0.05) is 11.6 Å². The van der Waals surface area contributed by atoms with Crippen LogP contribution in [0.1, 0.15) is 36.5 Å². The fourth-order valence-corrected chi connectivity index (χ4v) is 2.64. The molecule has 0 aliphatic carbocycles. The van der Waals surface area contributed by atoms with Gasteiger partial charge in [0.25, 0.3) is 0 Å². The molecule has 0 bridgehead atoms. The van der Waals surface area contributed by atoms with Crippen molar-refractivity contribution in [1.82, 2.24) is 0 Å². The molecular formula is C20H18N2O5. The molecule has 0 saturated carbocycles. The molecule has 0 spiro atoms. The number of nitrogens with zero attached hydrogens (tertiary/aromatic N) is 2. The maximum atomic E-state index is 12.1. The number of carbonyl (C=O) groups is 1. The lowest BCUT2D eigenvalue weighted by molar-refractivity contribution is -0.385. The summed E-state index contributed by atoms with van der Waals surface area (Å²) in [6.07, 6.45) is 1.45. The summed E-state index contributed by atoms with van der Waals surface area (Å²) in [6.45, 7) is 4.19. The SMILES string of the molecule is COc1ccc(/C=C2\N=C(c3ccc(C(C)C)cc3)OC2=O)cc1[N+](=O)[O-]. The second-order valence-corrected chi connectivity index (χ2v) is 6.30. The highest BCUT2D eigenvalue weighted by Crippen LogP contribution is 2.29. The molecule has 7 heteroatoms. The van der Waals surface area contributed by atoms with Crippen LogP contribution < -0.4 is 4.74 Å². The lowest BCUT2D eigenvalue weighted by Crippen LogP contribution is -2.05. The van der Waals surface area contributed by atoms with Crippen molar-refractivity contribution in [3.63, 3.8) is 0 Å². The van der Waals surface area contributed by atoms with Gasteiger partial charge in [-0.1, -0.05) is 32.0 Å². The first-order chi connectivity index (χ1) is 12.9. The van der Waals surface area contributed by atoms with E-state index in [1.165, 1.54) is 30.9 Å². The van der Waals surface area contributed by atoms with E-state index < -0.39 is 10.9 Å². The number of benzene rings is 2. The van der Waals surface area contributed by atoms with E-state index >= 15 is 0 Å². The average molecular weight is 366 g/mol. The highest BCUT2D eigenvalue weighted by atomic mass is 16.6. The standard InChI is InChI=1S/C20H18N2O5/c1-12(2)14-5-7-15(8-6-14)19-21-16(20(23)27-19)10-13-4-9-18(26-3)17(11-13)22(24)25/h4-12H,1-3H3/b16-10-. The van der Waals surface area contributed by atoms with Crippen LogP contribution in [-0.4, -0.2) is 23.9 Å². The summed E-state index contributed by atoms with van der Waals surface area (Å²) in [5.74, 6) is 0.153. The van der Waals surface area contributed by atoms with Crippen molar-refractivity contribution in [2.24, 2.45) is 4.99 Å². The number of carbonyl (C=O) groups excluding carboxylic acids is 1. The molecule has 0 amide bonds. The second kappa shape index (κ2) is 7.41. The summed E-state index contributed by atoms with van der Waals surface area (Å²) in [5.41, 5.74) is 2.21. The second-order valence-electron chi connectivity index (χ2n) is 6.30. The molecule has 0 radical (unpaired) electrons. The van der Waals surface area contributed by atoms with Crippen LogP contribution in [0.5, 0.6) is 5.75 Å². The monoisotopic (exact) mass is 366 g/mol. The summed E-state index contributed by atoms with van der Waals surface area (Å²) in [7, 11) is 1.36. The summed E-state index contributed by atoms with van der Waals surface area (Å²) < 4.78 is 10.2. The van der Waals surface area contributed by atoms with Gasteiger partial charge in [0.15, 0.2) is 11.4 Å². The number of rotatable bonds is 5. The summed E-state index contributed by atoms with van der Waals surface area (Å²) >= 11 is 0. The molecule has 3 rings (SSSR count). The van der Waals surface area contributed by atoms with Crippen molar-refractivity contribution in [2.45, 2.75) is 19.8 Å². The molecule has 1 heterocycles. The van der Waals surface area contributed by atoms with Gasteiger partial charge in [0.05, 0.1) is 12.0 Å². The minimum Gasteiger partial charge on any atom is -0.490 e. The molecule has 0 unspecified atom stereocenters. The minimum atomic E-state index is -0.601. The topological polar surface area (TPSA) is 91.0 Å². The zero-order valence-electron chi connectivity index (χ0n) is 15.1. The number of hydrogen-bond acceptors (Lipinski definition) is 6. The lowest BCUT2D eigenvalue weighted by atomic mass is 10.0. The predicted octanol–water partition coefficient (Wildman–Crippen LogP) is 4.07. The Morgan fingerprint density at radius 2 is 1.89 bits per heavy atom. The first-order valence-corrected chi connectivity index (χ1v) is 8.34. The number of aliphatic imine (C=N–C) groups is 1. The number of cyclic esters (lactones) is 1. The zero-order chi connectivity index (χ0) is 19.6. The Morgan fingerprint density at radius 1 is 1.19 bits per heavy atom. The highest BCUT2D eigenvalue weighted by Gasteiger charge is 2.25. The molecule has 0 atom stereocenters. The van der Waals surface area contributed by atoms with Gasteiger partial charge in [-0.2, -0.15) is 0 Å². The fourth-order valence-electron chi connectivity index (χ4n) is 2.64. The third-order valence-electron chi connectivity index (χ3n) is 4.15. The number of methoxy groups -OCH3 is 1. The molecule has 0 N–H and O–H groups in total. The van der Waals surface area contributed by atoms with Crippen molar-refractivity contribution < 1.29 is 19.2 Å². The van der Waals surface area contributed by atoms with Crippen molar-refractivity contribution in [1.29, 1.82) is 0 Å². The number of nitro benzene ring substituents is 1.